The predicted octanol–water partition coefficient (Wildman–Crippen LogP) is 2.68. The van der Waals surface area contributed by atoms with Crippen LogP contribution in [0.5, 0.6) is 0 Å². The average Bonchev–Trinajstić information content (AvgIpc) is 3.42. The average molecular weight is 387 g/mol. The Morgan fingerprint density at radius 1 is 1.33 bits per heavy atom. The molecule has 2 aliphatic rings. The molecule has 0 bridgehead atoms. The smallest absolute Gasteiger partial charge is 0.170 e. The first-order chi connectivity index (χ1) is 13.3. The fourth-order valence-corrected chi connectivity index (χ4v) is 4.36. The van der Waals surface area contributed by atoms with E-state index < -0.39 is 0 Å². The number of nitrogens with one attached hydrogen (secondary N) is 1. The van der Waals surface area contributed by atoms with E-state index in [1.165, 1.54) is 5.69 Å². The molecule has 4 rings (SSSR count). The standard InChI is InChI=1S/C20H26N4O2S/c1-25-13-11-24-19(18(22-20(24)27)16-7-2-3-9-21-16)17-8-4-10-23(17)14-15-6-5-12-26-15/h2-4,7-10,15,18-19H,5-6,11-14H2,1H3,(H,22,27)/t15-,18-,19+/m0/s1. The highest BCUT2D eigenvalue weighted by Gasteiger charge is 2.41. The summed E-state index contributed by atoms with van der Waals surface area (Å²) in [6.45, 7) is 3.10. The van der Waals surface area contributed by atoms with Crippen molar-refractivity contribution in [3.8, 4) is 0 Å². The third-order valence-corrected chi connectivity index (χ3v) is 5.68. The molecule has 2 aliphatic heterocycles. The Labute approximate surface area is 165 Å². The lowest BCUT2D eigenvalue weighted by Gasteiger charge is -2.29. The van der Waals surface area contributed by atoms with Gasteiger partial charge >= 0.3 is 0 Å². The molecule has 0 radical (unpaired) electrons. The highest BCUT2D eigenvalue weighted by Crippen LogP contribution is 2.38. The van der Waals surface area contributed by atoms with Crippen molar-refractivity contribution >= 4 is 17.3 Å². The molecular formula is C20H26N4O2S. The number of hydrogen-bond donors (Lipinski definition) is 1. The Kier molecular flexibility index (Phi) is 5.71. The third-order valence-electron chi connectivity index (χ3n) is 5.33. The van der Waals surface area contributed by atoms with E-state index in [9.17, 15) is 0 Å². The van der Waals surface area contributed by atoms with Crippen molar-refractivity contribution in [1.29, 1.82) is 0 Å². The molecule has 0 aromatic carbocycles. The van der Waals surface area contributed by atoms with Crippen LogP contribution in [0.1, 0.15) is 36.3 Å². The molecule has 27 heavy (non-hydrogen) atoms. The zero-order chi connectivity index (χ0) is 18.6. The Hall–Kier alpha value is -1.96. The SMILES string of the molecule is COCCN1C(=S)N[C@@H](c2ccccn2)[C@H]1c1cccn1C[C@@H]1CCCO1. The maximum atomic E-state index is 5.86. The van der Waals surface area contributed by atoms with Gasteiger partial charge in [-0.05, 0) is 49.3 Å². The second-order valence-electron chi connectivity index (χ2n) is 7.03. The largest absolute Gasteiger partial charge is 0.383 e. The molecule has 1 N–H and O–H groups in total. The summed E-state index contributed by atoms with van der Waals surface area (Å²) in [5, 5.41) is 4.23. The van der Waals surface area contributed by atoms with E-state index in [0.29, 0.717) is 6.61 Å². The van der Waals surface area contributed by atoms with Crippen LogP contribution in [0.25, 0.3) is 0 Å². The summed E-state index contributed by atoms with van der Waals surface area (Å²) in [5.41, 5.74) is 2.22. The number of ether oxygens (including phenoxy) is 2. The topological polar surface area (TPSA) is 51.5 Å². The van der Waals surface area contributed by atoms with Gasteiger partial charge in [-0.15, -0.1) is 0 Å². The molecule has 144 valence electrons. The summed E-state index contributed by atoms with van der Waals surface area (Å²) in [7, 11) is 1.72. The fraction of sp³-hybridized carbons (Fsp3) is 0.500. The number of methoxy groups -OCH3 is 1. The quantitative estimate of drug-likeness (QED) is 0.739. The molecule has 2 fully saturated rings. The van der Waals surface area contributed by atoms with Crippen molar-refractivity contribution < 1.29 is 9.47 Å². The van der Waals surface area contributed by atoms with E-state index in [-0.39, 0.29) is 18.2 Å². The molecule has 4 heterocycles. The number of pyridine rings is 1. The first-order valence-electron chi connectivity index (χ1n) is 9.51. The van der Waals surface area contributed by atoms with Gasteiger partial charge in [0.25, 0.3) is 0 Å². The number of thiocarbonyl (C=S) groups is 1. The Morgan fingerprint density at radius 2 is 2.26 bits per heavy atom. The van der Waals surface area contributed by atoms with Crippen molar-refractivity contribution in [3.63, 3.8) is 0 Å². The molecule has 7 heteroatoms. The van der Waals surface area contributed by atoms with Crippen LogP contribution >= 0.6 is 12.2 Å². The first-order valence-corrected chi connectivity index (χ1v) is 9.92. The van der Waals surface area contributed by atoms with Gasteiger partial charge in [0, 0.05) is 44.9 Å². The summed E-state index contributed by atoms with van der Waals surface area (Å²) >= 11 is 5.67. The van der Waals surface area contributed by atoms with Crippen LogP contribution < -0.4 is 5.32 Å². The van der Waals surface area contributed by atoms with Gasteiger partial charge in [-0.3, -0.25) is 4.98 Å². The molecule has 0 amide bonds. The van der Waals surface area contributed by atoms with E-state index in [0.717, 1.165) is 43.3 Å². The fourth-order valence-electron chi connectivity index (χ4n) is 4.03. The van der Waals surface area contributed by atoms with Gasteiger partial charge in [0.2, 0.25) is 0 Å². The van der Waals surface area contributed by atoms with Crippen LogP contribution in [-0.2, 0) is 16.0 Å². The van der Waals surface area contributed by atoms with Gasteiger partial charge in [0.1, 0.15) is 0 Å². The minimum absolute atomic E-state index is 0.00806. The molecule has 2 saturated heterocycles. The molecule has 0 spiro atoms. The Morgan fingerprint density at radius 3 is 3.00 bits per heavy atom. The van der Waals surface area contributed by atoms with E-state index in [1.54, 1.807) is 7.11 Å². The van der Waals surface area contributed by atoms with Gasteiger partial charge in [0.05, 0.1) is 30.5 Å². The Bertz CT molecular complexity index is 760. The van der Waals surface area contributed by atoms with Gasteiger partial charge in [-0.1, -0.05) is 6.07 Å². The lowest BCUT2D eigenvalue weighted by molar-refractivity contribution is 0.0949. The lowest BCUT2D eigenvalue weighted by atomic mass is 10.0. The van der Waals surface area contributed by atoms with Crippen LogP contribution in [-0.4, -0.2) is 52.5 Å². The lowest BCUT2D eigenvalue weighted by Crippen LogP contribution is -2.33. The van der Waals surface area contributed by atoms with Crippen LogP contribution in [0.4, 0.5) is 0 Å². The molecular weight excluding hydrogens is 360 g/mol. The monoisotopic (exact) mass is 386 g/mol. The van der Waals surface area contributed by atoms with Crippen LogP contribution in [0, 0.1) is 0 Å². The van der Waals surface area contributed by atoms with E-state index in [4.69, 9.17) is 21.7 Å². The Balaban J connectivity index is 1.66. The molecule has 0 unspecified atom stereocenters. The van der Waals surface area contributed by atoms with E-state index >= 15 is 0 Å². The summed E-state index contributed by atoms with van der Waals surface area (Å²) in [6.07, 6.45) is 6.53. The molecule has 3 atom stereocenters. The van der Waals surface area contributed by atoms with Gasteiger partial charge in [0.15, 0.2) is 5.11 Å². The number of rotatable bonds is 7. The van der Waals surface area contributed by atoms with Crippen LogP contribution in [0.15, 0.2) is 42.7 Å². The molecule has 6 nitrogen and oxygen atoms in total. The molecule has 0 aliphatic carbocycles. The maximum Gasteiger partial charge on any atom is 0.170 e. The second-order valence-corrected chi connectivity index (χ2v) is 7.42. The van der Waals surface area contributed by atoms with Crippen molar-refractivity contribution in [1.82, 2.24) is 19.8 Å². The van der Waals surface area contributed by atoms with E-state index in [1.807, 2.05) is 18.3 Å². The number of nitrogens with zero attached hydrogens (tertiary/aromatic N) is 3. The van der Waals surface area contributed by atoms with Gasteiger partial charge in [-0.25, -0.2) is 0 Å². The minimum atomic E-state index is 0.00806. The van der Waals surface area contributed by atoms with E-state index in [2.05, 4.69) is 44.2 Å². The summed E-state index contributed by atoms with van der Waals surface area (Å²) in [6, 6.07) is 10.4. The normalized spacial score (nSPS) is 25.1. The summed E-state index contributed by atoms with van der Waals surface area (Å²) in [4.78, 5) is 6.81. The highest BCUT2D eigenvalue weighted by atomic mass is 32.1. The van der Waals surface area contributed by atoms with Crippen molar-refractivity contribution in [2.45, 2.75) is 37.6 Å². The number of aromatic nitrogens is 2. The summed E-state index contributed by atoms with van der Waals surface area (Å²) < 4.78 is 13.5. The third kappa shape index (κ3) is 3.85. The molecule has 2 aromatic heterocycles. The predicted molar refractivity (Wildman–Crippen MR) is 107 cm³/mol. The maximum absolute atomic E-state index is 5.86. The number of hydrogen-bond acceptors (Lipinski definition) is 4. The van der Waals surface area contributed by atoms with Crippen molar-refractivity contribution in [2.24, 2.45) is 0 Å². The van der Waals surface area contributed by atoms with Gasteiger partial charge < -0.3 is 24.3 Å². The zero-order valence-electron chi connectivity index (χ0n) is 15.6. The summed E-state index contributed by atoms with van der Waals surface area (Å²) in [5.74, 6) is 0. The highest BCUT2D eigenvalue weighted by molar-refractivity contribution is 7.80. The molecule has 0 saturated carbocycles. The van der Waals surface area contributed by atoms with Crippen molar-refractivity contribution in [2.75, 3.05) is 26.9 Å². The first kappa shape index (κ1) is 18.4. The second kappa shape index (κ2) is 8.37. The minimum Gasteiger partial charge on any atom is -0.383 e. The van der Waals surface area contributed by atoms with Crippen LogP contribution in [0.2, 0.25) is 0 Å². The van der Waals surface area contributed by atoms with Crippen molar-refractivity contribution in [3.05, 3.63) is 54.1 Å². The van der Waals surface area contributed by atoms with Crippen LogP contribution in [0.3, 0.4) is 0 Å². The zero-order valence-corrected chi connectivity index (χ0v) is 16.4. The van der Waals surface area contributed by atoms with Gasteiger partial charge in [-0.2, -0.15) is 0 Å². The molecule has 2 aromatic rings.